The highest BCUT2D eigenvalue weighted by molar-refractivity contribution is 8.00. The molecule has 0 saturated heterocycles. The minimum Gasteiger partial charge on any atom is -0.495 e. The van der Waals surface area contributed by atoms with E-state index in [1.807, 2.05) is 6.07 Å². The van der Waals surface area contributed by atoms with Gasteiger partial charge in [-0.2, -0.15) is 0 Å². The lowest BCUT2D eigenvalue weighted by molar-refractivity contribution is -0.115. The topological polar surface area (TPSA) is 106 Å². The number of rotatable bonds is 11. The largest absolute Gasteiger partial charge is 0.495 e. The van der Waals surface area contributed by atoms with E-state index < -0.39 is 17.1 Å². The molecule has 1 atom stereocenters. The molecule has 226 valence electrons. The van der Waals surface area contributed by atoms with Crippen molar-refractivity contribution in [2.24, 2.45) is 0 Å². The lowest BCUT2D eigenvalue weighted by Gasteiger charge is -2.16. The summed E-state index contributed by atoms with van der Waals surface area (Å²) in [6.45, 7) is 1.76. The fraction of sp³-hybridized carbons (Fsp3) is 0.121. The molecule has 4 aromatic rings. The van der Waals surface area contributed by atoms with Gasteiger partial charge in [-0.15, -0.1) is 11.8 Å². The molecular formula is C33H29Cl2N3O5S. The minimum atomic E-state index is -0.550. The molecule has 0 fully saturated rings. The van der Waals surface area contributed by atoms with Gasteiger partial charge >= 0.3 is 0 Å². The molecule has 0 radical (unpaired) electrons. The number of nitrogens with one attached hydrogen (secondary N) is 3. The number of amides is 3. The molecule has 0 spiro atoms. The second-order valence-electron chi connectivity index (χ2n) is 9.32. The van der Waals surface area contributed by atoms with Gasteiger partial charge in [-0.25, -0.2) is 0 Å². The van der Waals surface area contributed by atoms with Crippen LogP contribution in [0.25, 0.3) is 6.08 Å². The van der Waals surface area contributed by atoms with Crippen LogP contribution in [0.1, 0.15) is 22.8 Å². The molecule has 0 aliphatic rings. The number of thioether (sulfide) groups is 1. The first-order valence-electron chi connectivity index (χ1n) is 13.3. The van der Waals surface area contributed by atoms with Crippen molar-refractivity contribution in [2.75, 3.05) is 24.9 Å². The van der Waals surface area contributed by atoms with E-state index in [0.29, 0.717) is 44.0 Å². The zero-order chi connectivity index (χ0) is 31.6. The Bertz CT molecular complexity index is 1700. The monoisotopic (exact) mass is 649 g/mol. The van der Waals surface area contributed by atoms with Gasteiger partial charge in [-0.05, 0) is 61.0 Å². The standard InChI is InChI=1S/C33H29Cl2N3O5S/c1-20(31(39)37-27-18-26(35)29(42-2)19-30(27)43-3)44-24-14-9-13-23(17-24)36-33(41)28(16-22-12-7-8-15-25(22)34)38-32(40)21-10-5-4-6-11-21/h4-20H,1-3H3,(H,36,41)(H,37,39)(H,38,40)/b28-16+. The number of ether oxygens (including phenoxy) is 2. The maximum atomic E-state index is 13.4. The molecule has 0 saturated carbocycles. The van der Waals surface area contributed by atoms with Gasteiger partial charge in [0.2, 0.25) is 5.91 Å². The van der Waals surface area contributed by atoms with Crippen LogP contribution in [0.3, 0.4) is 0 Å². The molecule has 3 N–H and O–H groups in total. The fourth-order valence-corrected chi connectivity index (χ4v) is 5.34. The maximum Gasteiger partial charge on any atom is 0.272 e. The van der Waals surface area contributed by atoms with Crippen molar-refractivity contribution in [1.82, 2.24) is 5.32 Å². The van der Waals surface area contributed by atoms with Crippen molar-refractivity contribution < 1.29 is 23.9 Å². The van der Waals surface area contributed by atoms with Crippen molar-refractivity contribution in [2.45, 2.75) is 17.1 Å². The van der Waals surface area contributed by atoms with Crippen LogP contribution in [0.5, 0.6) is 11.5 Å². The molecule has 0 aliphatic heterocycles. The van der Waals surface area contributed by atoms with Crippen LogP contribution >= 0.6 is 35.0 Å². The van der Waals surface area contributed by atoms with Crippen molar-refractivity contribution in [3.8, 4) is 11.5 Å². The van der Waals surface area contributed by atoms with Crippen LogP contribution in [0, 0.1) is 0 Å². The summed E-state index contributed by atoms with van der Waals surface area (Å²) in [4.78, 5) is 40.1. The molecule has 44 heavy (non-hydrogen) atoms. The van der Waals surface area contributed by atoms with E-state index in [2.05, 4.69) is 16.0 Å². The molecule has 11 heteroatoms. The van der Waals surface area contributed by atoms with E-state index in [-0.39, 0.29) is 11.6 Å². The molecule has 0 heterocycles. The van der Waals surface area contributed by atoms with Gasteiger partial charge < -0.3 is 25.4 Å². The van der Waals surface area contributed by atoms with Crippen LogP contribution in [0.4, 0.5) is 11.4 Å². The van der Waals surface area contributed by atoms with Gasteiger partial charge in [-0.1, -0.05) is 65.7 Å². The van der Waals surface area contributed by atoms with Gasteiger partial charge in [0.1, 0.15) is 17.2 Å². The van der Waals surface area contributed by atoms with Gasteiger partial charge in [0, 0.05) is 27.2 Å². The molecule has 0 aromatic heterocycles. The summed E-state index contributed by atoms with van der Waals surface area (Å²) in [7, 11) is 2.98. The quantitative estimate of drug-likeness (QED) is 0.114. The van der Waals surface area contributed by atoms with Crippen LogP contribution in [0.15, 0.2) is 102 Å². The summed E-state index contributed by atoms with van der Waals surface area (Å²) in [5.74, 6) is -0.449. The molecule has 0 bridgehead atoms. The number of anilines is 2. The highest BCUT2D eigenvalue weighted by atomic mass is 35.5. The third-order valence-electron chi connectivity index (χ3n) is 6.24. The Hall–Kier alpha value is -4.44. The Balaban J connectivity index is 1.49. The Labute approximate surface area is 269 Å². The van der Waals surface area contributed by atoms with Crippen molar-refractivity contribution in [3.63, 3.8) is 0 Å². The van der Waals surface area contributed by atoms with E-state index in [4.69, 9.17) is 32.7 Å². The fourth-order valence-electron chi connectivity index (χ4n) is 3.99. The minimum absolute atomic E-state index is 0.00450. The average molecular weight is 651 g/mol. The SMILES string of the molecule is COc1cc(OC)c(NC(=O)C(C)Sc2cccc(NC(=O)/C(=C\c3ccccc3Cl)NC(=O)c3ccccc3)c2)cc1Cl. The Morgan fingerprint density at radius 2 is 1.50 bits per heavy atom. The smallest absolute Gasteiger partial charge is 0.272 e. The number of carbonyl (C=O) groups is 3. The van der Waals surface area contributed by atoms with E-state index in [1.165, 1.54) is 32.1 Å². The van der Waals surface area contributed by atoms with Crippen molar-refractivity contribution in [3.05, 3.63) is 118 Å². The second kappa shape index (κ2) is 15.3. The molecule has 8 nitrogen and oxygen atoms in total. The summed E-state index contributed by atoms with van der Waals surface area (Å²) in [6.07, 6.45) is 1.52. The van der Waals surface area contributed by atoms with Crippen LogP contribution in [-0.2, 0) is 9.59 Å². The maximum absolute atomic E-state index is 13.4. The summed E-state index contributed by atoms with van der Waals surface area (Å²) in [5, 5.41) is 8.60. The van der Waals surface area contributed by atoms with E-state index in [9.17, 15) is 14.4 Å². The predicted octanol–water partition coefficient (Wildman–Crippen LogP) is 7.54. The summed E-state index contributed by atoms with van der Waals surface area (Å²) >= 11 is 13.9. The Kier molecular flexibility index (Phi) is 11.3. The Morgan fingerprint density at radius 1 is 0.795 bits per heavy atom. The third-order valence-corrected chi connectivity index (χ3v) is 7.97. The van der Waals surface area contributed by atoms with E-state index in [0.717, 1.165) is 4.90 Å². The molecular weight excluding hydrogens is 621 g/mol. The van der Waals surface area contributed by atoms with Crippen molar-refractivity contribution in [1.29, 1.82) is 0 Å². The zero-order valence-corrected chi connectivity index (χ0v) is 26.3. The summed E-state index contributed by atoms with van der Waals surface area (Å²) in [5.41, 5.74) is 1.84. The van der Waals surface area contributed by atoms with E-state index >= 15 is 0 Å². The highest BCUT2D eigenvalue weighted by Gasteiger charge is 2.20. The lowest BCUT2D eigenvalue weighted by atomic mass is 10.1. The van der Waals surface area contributed by atoms with Gasteiger partial charge in [0.25, 0.3) is 11.8 Å². The first-order chi connectivity index (χ1) is 21.2. The molecule has 1 unspecified atom stereocenters. The average Bonchev–Trinajstić information content (AvgIpc) is 3.02. The zero-order valence-electron chi connectivity index (χ0n) is 24.0. The molecule has 4 rings (SSSR count). The summed E-state index contributed by atoms with van der Waals surface area (Å²) in [6, 6.07) is 25.8. The summed E-state index contributed by atoms with van der Waals surface area (Å²) < 4.78 is 10.6. The van der Waals surface area contributed by atoms with Gasteiger partial charge in [-0.3, -0.25) is 14.4 Å². The normalized spacial score (nSPS) is 11.7. The number of benzene rings is 4. The van der Waals surface area contributed by atoms with Crippen molar-refractivity contribution >= 4 is 70.1 Å². The van der Waals surface area contributed by atoms with Crippen LogP contribution < -0.4 is 25.4 Å². The first-order valence-corrected chi connectivity index (χ1v) is 14.9. The highest BCUT2D eigenvalue weighted by Crippen LogP contribution is 2.36. The van der Waals surface area contributed by atoms with Crippen LogP contribution in [-0.4, -0.2) is 37.2 Å². The second-order valence-corrected chi connectivity index (χ2v) is 11.5. The first kappa shape index (κ1) is 32.5. The number of hydrogen-bond acceptors (Lipinski definition) is 6. The molecule has 0 aliphatic carbocycles. The van der Waals surface area contributed by atoms with E-state index in [1.54, 1.807) is 91.9 Å². The number of hydrogen-bond donors (Lipinski definition) is 3. The number of halogens is 2. The Morgan fingerprint density at radius 3 is 2.20 bits per heavy atom. The lowest BCUT2D eigenvalue weighted by Crippen LogP contribution is -2.30. The molecule has 4 aromatic carbocycles. The molecule has 3 amide bonds. The third kappa shape index (κ3) is 8.57. The number of carbonyl (C=O) groups excluding carboxylic acids is 3. The van der Waals surface area contributed by atoms with Crippen LogP contribution in [0.2, 0.25) is 10.0 Å². The predicted molar refractivity (Wildman–Crippen MR) is 177 cm³/mol. The van der Waals surface area contributed by atoms with Gasteiger partial charge in [0.05, 0.1) is 30.2 Å². The number of methoxy groups -OCH3 is 2. The van der Waals surface area contributed by atoms with Gasteiger partial charge in [0.15, 0.2) is 0 Å².